The van der Waals surface area contributed by atoms with E-state index in [1.165, 1.54) is 6.07 Å². The topological polar surface area (TPSA) is 77.8 Å². The molecule has 2 aromatic carbocycles. The maximum Gasteiger partial charge on any atom is 0.417 e. The number of rotatable bonds is 4. The van der Waals surface area contributed by atoms with Crippen molar-refractivity contribution in [1.82, 2.24) is 10.3 Å². The summed E-state index contributed by atoms with van der Waals surface area (Å²) in [6.45, 7) is 0.156. The Morgan fingerprint density at radius 2 is 1.90 bits per heavy atom. The minimum atomic E-state index is -4.62. The van der Waals surface area contributed by atoms with E-state index in [9.17, 15) is 18.0 Å². The Labute approximate surface area is 175 Å². The molecule has 0 aliphatic rings. The highest BCUT2D eigenvalue weighted by Crippen LogP contribution is 2.36. The maximum absolute atomic E-state index is 12.9. The average molecular weight is 431 g/mol. The summed E-state index contributed by atoms with van der Waals surface area (Å²) in [5.41, 5.74) is 1.69. The van der Waals surface area contributed by atoms with Crippen molar-refractivity contribution in [3.05, 3.63) is 82.6 Å². The van der Waals surface area contributed by atoms with Crippen LogP contribution >= 0.6 is 11.6 Å². The Balaban J connectivity index is 1.65. The lowest BCUT2D eigenvalue weighted by Crippen LogP contribution is -2.28. The minimum absolute atomic E-state index is 0.0263. The van der Waals surface area contributed by atoms with E-state index in [1.807, 2.05) is 18.2 Å². The van der Waals surface area contributed by atoms with E-state index in [4.69, 9.17) is 16.9 Å². The molecule has 3 aromatic rings. The Morgan fingerprint density at radius 1 is 1.10 bits per heavy atom. The van der Waals surface area contributed by atoms with Crippen molar-refractivity contribution in [2.75, 3.05) is 5.32 Å². The molecule has 0 atom stereocenters. The fourth-order valence-electron chi connectivity index (χ4n) is 2.67. The van der Waals surface area contributed by atoms with Crippen LogP contribution in [-0.2, 0) is 12.7 Å². The summed E-state index contributed by atoms with van der Waals surface area (Å²) in [4.78, 5) is 16.1. The van der Waals surface area contributed by atoms with Crippen molar-refractivity contribution in [1.29, 1.82) is 5.26 Å². The first-order chi connectivity index (χ1) is 14.3. The van der Waals surface area contributed by atoms with Crippen molar-refractivity contribution in [3.63, 3.8) is 0 Å². The first-order valence-electron chi connectivity index (χ1n) is 8.63. The normalized spacial score (nSPS) is 10.9. The average Bonchev–Trinajstić information content (AvgIpc) is 2.73. The number of benzene rings is 2. The lowest BCUT2D eigenvalue weighted by molar-refractivity contribution is -0.137. The van der Waals surface area contributed by atoms with Crippen LogP contribution in [0.2, 0.25) is 5.02 Å². The van der Waals surface area contributed by atoms with Gasteiger partial charge in [0, 0.05) is 24.0 Å². The van der Waals surface area contributed by atoms with Gasteiger partial charge in [-0.2, -0.15) is 18.4 Å². The Hall–Kier alpha value is -3.57. The van der Waals surface area contributed by atoms with Crippen LogP contribution in [0.4, 0.5) is 23.7 Å². The quantitative estimate of drug-likeness (QED) is 0.564. The second-order valence-electron chi connectivity index (χ2n) is 6.24. The molecule has 0 fully saturated rings. The third-order valence-electron chi connectivity index (χ3n) is 4.12. The molecular formula is C21H14ClF3N4O. The van der Waals surface area contributed by atoms with Crippen LogP contribution in [0, 0.1) is 11.3 Å². The van der Waals surface area contributed by atoms with Gasteiger partial charge in [0.15, 0.2) is 0 Å². The number of pyridine rings is 1. The van der Waals surface area contributed by atoms with E-state index in [-0.39, 0.29) is 12.2 Å². The second kappa shape index (κ2) is 8.84. The van der Waals surface area contributed by atoms with Gasteiger partial charge in [-0.1, -0.05) is 29.8 Å². The van der Waals surface area contributed by atoms with Crippen LogP contribution in [0.5, 0.6) is 0 Å². The fraction of sp³-hybridized carbons (Fsp3) is 0.0952. The SMILES string of the molecule is N#Cc1ccc(-c2cccc(CNC(=O)Nc3ccc(Cl)c(C(F)(F)F)c3)c2)cn1. The van der Waals surface area contributed by atoms with Crippen LogP contribution in [0.25, 0.3) is 11.1 Å². The maximum atomic E-state index is 12.9. The van der Waals surface area contributed by atoms with Crippen molar-refractivity contribution in [2.24, 2.45) is 0 Å². The van der Waals surface area contributed by atoms with Gasteiger partial charge in [-0.05, 0) is 47.5 Å². The number of anilines is 1. The standard InChI is InChI=1S/C21H14ClF3N4O/c22-19-7-6-16(9-18(19)21(23,24)25)29-20(30)28-11-13-2-1-3-14(8-13)15-4-5-17(10-26)27-12-15/h1-9,12H,11H2,(H2,28,29,30). The molecule has 5 nitrogen and oxygen atoms in total. The molecule has 0 unspecified atom stereocenters. The number of urea groups is 1. The van der Waals surface area contributed by atoms with Crippen molar-refractivity contribution in [2.45, 2.75) is 12.7 Å². The monoisotopic (exact) mass is 430 g/mol. The van der Waals surface area contributed by atoms with E-state index in [0.29, 0.717) is 5.69 Å². The zero-order chi connectivity index (χ0) is 21.7. The van der Waals surface area contributed by atoms with Gasteiger partial charge >= 0.3 is 12.2 Å². The van der Waals surface area contributed by atoms with Gasteiger partial charge in [0.05, 0.1) is 10.6 Å². The molecule has 0 radical (unpaired) electrons. The Bertz CT molecular complexity index is 1110. The molecule has 2 N–H and O–H groups in total. The number of hydrogen-bond donors (Lipinski definition) is 2. The zero-order valence-corrected chi connectivity index (χ0v) is 16.1. The highest BCUT2D eigenvalue weighted by Gasteiger charge is 2.33. The number of carbonyl (C=O) groups is 1. The molecule has 2 amide bonds. The molecule has 152 valence electrons. The molecule has 30 heavy (non-hydrogen) atoms. The smallest absolute Gasteiger partial charge is 0.334 e. The molecule has 1 heterocycles. The largest absolute Gasteiger partial charge is 0.417 e. The summed E-state index contributed by atoms with van der Waals surface area (Å²) in [5.74, 6) is 0. The number of nitriles is 1. The zero-order valence-electron chi connectivity index (χ0n) is 15.3. The van der Waals surface area contributed by atoms with Gasteiger partial charge in [-0.3, -0.25) is 0 Å². The molecule has 3 rings (SSSR count). The van der Waals surface area contributed by atoms with Crippen LogP contribution < -0.4 is 10.6 Å². The van der Waals surface area contributed by atoms with Gasteiger partial charge in [0.1, 0.15) is 11.8 Å². The third kappa shape index (κ3) is 5.27. The number of nitrogens with one attached hydrogen (secondary N) is 2. The lowest BCUT2D eigenvalue weighted by Gasteiger charge is -2.12. The van der Waals surface area contributed by atoms with Crippen LogP contribution in [0.3, 0.4) is 0 Å². The van der Waals surface area contributed by atoms with Crippen LogP contribution in [-0.4, -0.2) is 11.0 Å². The molecule has 0 spiro atoms. The Kier molecular flexibility index (Phi) is 6.23. The molecule has 9 heteroatoms. The van der Waals surface area contributed by atoms with E-state index < -0.39 is 22.8 Å². The van der Waals surface area contributed by atoms with Crippen molar-refractivity contribution >= 4 is 23.3 Å². The number of carbonyl (C=O) groups excluding carboxylic acids is 1. The fourth-order valence-corrected chi connectivity index (χ4v) is 2.89. The van der Waals surface area contributed by atoms with E-state index >= 15 is 0 Å². The number of aromatic nitrogens is 1. The van der Waals surface area contributed by atoms with E-state index in [0.717, 1.165) is 28.8 Å². The molecule has 0 saturated carbocycles. The first-order valence-corrected chi connectivity index (χ1v) is 9.01. The van der Waals surface area contributed by atoms with Crippen molar-refractivity contribution in [3.8, 4) is 17.2 Å². The number of amides is 2. The summed E-state index contributed by atoms with van der Waals surface area (Å²) >= 11 is 5.57. The van der Waals surface area contributed by atoms with Gasteiger partial charge in [-0.15, -0.1) is 0 Å². The number of hydrogen-bond acceptors (Lipinski definition) is 3. The number of nitrogens with zero attached hydrogens (tertiary/aromatic N) is 2. The van der Waals surface area contributed by atoms with Gasteiger partial charge in [0.2, 0.25) is 0 Å². The molecule has 1 aromatic heterocycles. The van der Waals surface area contributed by atoms with Crippen LogP contribution in [0.15, 0.2) is 60.8 Å². The summed E-state index contributed by atoms with van der Waals surface area (Å²) in [7, 11) is 0. The number of halogens is 4. The van der Waals surface area contributed by atoms with Gasteiger partial charge < -0.3 is 10.6 Å². The highest BCUT2D eigenvalue weighted by atomic mass is 35.5. The molecule has 0 bridgehead atoms. The summed E-state index contributed by atoms with van der Waals surface area (Å²) in [5, 5.41) is 13.3. The van der Waals surface area contributed by atoms with Crippen LogP contribution in [0.1, 0.15) is 16.8 Å². The molecule has 0 aliphatic heterocycles. The van der Waals surface area contributed by atoms with E-state index in [1.54, 1.807) is 30.5 Å². The predicted octanol–water partition coefficient (Wildman–Crippen LogP) is 5.61. The molecular weight excluding hydrogens is 417 g/mol. The first kappa shape index (κ1) is 21.1. The van der Waals surface area contributed by atoms with E-state index in [2.05, 4.69) is 15.6 Å². The van der Waals surface area contributed by atoms with Crippen molar-refractivity contribution < 1.29 is 18.0 Å². The highest BCUT2D eigenvalue weighted by molar-refractivity contribution is 6.31. The summed E-state index contributed by atoms with van der Waals surface area (Å²) < 4.78 is 38.8. The number of alkyl halides is 3. The Morgan fingerprint density at radius 3 is 2.57 bits per heavy atom. The van der Waals surface area contributed by atoms with Gasteiger partial charge in [0.25, 0.3) is 0 Å². The summed E-state index contributed by atoms with van der Waals surface area (Å²) in [6.07, 6.45) is -3.04. The summed E-state index contributed by atoms with van der Waals surface area (Å²) in [6, 6.07) is 15.1. The van der Waals surface area contributed by atoms with Gasteiger partial charge in [-0.25, -0.2) is 9.78 Å². The third-order valence-corrected chi connectivity index (χ3v) is 4.45. The molecule has 0 saturated heterocycles. The molecule has 0 aliphatic carbocycles. The second-order valence-corrected chi connectivity index (χ2v) is 6.65. The lowest BCUT2D eigenvalue weighted by atomic mass is 10.0. The minimum Gasteiger partial charge on any atom is -0.334 e. The predicted molar refractivity (Wildman–Crippen MR) is 107 cm³/mol.